The van der Waals surface area contributed by atoms with E-state index < -0.39 is 0 Å². The molecule has 0 aliphatic heterocycles. The Morgan fingerprint density at radius 1 is 1.31 bits per heavy atom. The zero-order chi connectivity index (χ0) is 11.5. The van der Waals surface area contributed by atoms with Gasteiger partial charge in [-0.3, -0.25) is 4.79 Å². The summed E-state index contributed by atoms with van der Waals surface area (Å²) in [5.41, 5.74) is 2.40. The van der Waals surface area contributed by atoms with Crippen molar-refractivity contribution in [3.8, 4) is 0 Å². The predicted octanol–water partition coefficient (Wildman–Crippen LogP) is 3.01. The van der Waals surface area contributed by atoms with Gasteiger partial charge in [0, 0.05) is 10.6 Å². The Morgan fingerprint density at radius 3 is 2.75 bits per heavy atom. The monoisotopic (exact) mass is 232 g/mol. The second kappa shape index (κ2) is 4.45. The molecule has 1 N–H and O–H groups in total. The van der Waals surface area contributed by atoms with Crippen molar-refractivity contribution < 1.29 is 4.79 Å². The van der Waals surface area contributed by atoms with Gasteiger partial charge in [-0.05, 0) is 49.1 Å². The Morgan fingerprint density at radius 2 is 2.12 bits per heavy atom. The Balaban J connectivity index is 2.13. The van der Waals surface area contributed by atoms with Gasteiger partial charge in [-0.25, -0.2) is 0 Å². The summed E-state index contributed by atoms with van der Waals surface area (Å²) in [6.45, 7) is 3.92. The van der Waals surface area contributed by atoms with Crippen LogP contribution in [0.15, 0.2) is 30.3 Å². The Kier molecular flexibility index (Phi) is 3.01. The van der Waals surface area contributed by atoms with E-state index in [0.29, 0.717) is 5.69 Å². The number of rotatable bonds is 2. The van der Waals surface area contributed by atoms with Crippen LogP contribution in [0.3, 0.4) is 0 Å². The first-order valence-corrected chi connectivity index (χ1v) is 5.74. The topological polar surface area (TPSA) is 42.0 Å². The van der Waals surface area contributed by atoms with E-state index in [1.54, 1.807) is 6.07 Å². The van der Waals surface area contributed by atoms with Crippen LogP contribution in [0.2, 0.25) is 0 Å². The molecule has 0 saturated heterocycles. The van der Waals surface area contributed by atoms with Crippen LogP contribution in [0, 0.1) is 13.8 Å². The average molecular weight is 232 g/mol. The van der Waals surface area contributed by atoms with Crippen molar-refractivity contribution in [3.63, 3.8) is 0 Å². The summed E-state index contributed by atoms with van der Waals surface area (Å²) in [6.07, 6.45) is 0. The number of nitrogens with zero attached hydrogens (tertiary/aromatic N) is 1. The van der Waals surface area contributed by atoms with Crippen LogP contribution >= 0.6 is 11.5 Å². The third kappa shape index (κ3) is 2.46. The largest absolute Gasteiger partial charge is 0.321 e. The van der Waals surface area contributed by atoms with Crippen LogP contribution in [0.4, 0.5) is 5.69 Å². The molecule has 0 spiro atoms. The summed E-state index contributed by atoms with van der Waals surface area (Å²) in [5, 5.41) is 2.82. The summed E-state index contributed by atoms with van der Waals surface area (Å²) < 4.78 is 4.06. The highest BCUT2D eigenvalue weighted by molar-refractivity contribution is 7.05. The molecule has 3 nitrogen and oxygen atoms in total. The average Bonchev–Trinajstić information content (AvgIpc) is 2.65. The first-order valence-electron chi connectivity index (χ1n) is 4.96. The number of carbonyl (C=O) groups excluding carboxylic acids is 1. The van der Waals surface area contributed by atoms with Crippen molar-refractivity contribution >= 4 is 23.1 Å². The van der Waals surface area contributed by atoms with Crippen LogP contribution in [0.5, 0.6) is 0 Å². The smallest absolute Gasteiger partial charge is 0.275 e. The van der Waals surface area contributed by atoms with Crippen molar-refractivity contribution in [1.29, 1.82) is 0 Å². The van der Waals surface area contributed by atoms with Crippen LogP contribution in [-0.4, -0.2) is 10.3 Å². The third-order valence-electron chi connectivity index (χ3n) is 2.14. The van der Waals surface area contributed by atoms with E-state index in [1.165, 1.54) is 11.5 Å². The maximum Gasteiger partial charge on any atom is 0.275 e. The highest BCUT2D eigenvalue weighted by Crippen LogP contribution is 2.13. The highest BCUT2D eigenvalue weighted by atomic mass is 32.1. The Hall–Kier alpha value is -1.68. The van der Waals surface area contributed by atoms with Gasteiger partial charge in [-0.1, -0.05) is 12.1 Å². The zero-order valence-corrected chi connectivity index (χ0v) is 9.97. The lowest BCUT2D eigenvalue weighted by atomic mass is 10.2. The summed E-state index contributed by atoms with van der Waals surface area (Å²) in [6, 6.07) is 9.48. The molecule has 82 valence electrons. The SMILES string of the molecule is Cc1cccc(NC(=O)c2cc(C)sn2)c1. The van der Waals surface area contributed by atoms with Gasteiger partial charge >= 0.3 is 0 Å². The van der Waals surface area contributed by atoms with E-state index in [2.05, 4.69) is 9.69 Å². The van der Waals surface area contributed by atoms with Gasteiger partial charge in [0.15, 0.2) is 0 Å². The van der Waals surface area contributed by atoms with Crippen molar-refractivity contribution in [1.82, 2.24) is 4.37 Å². The third-order valence-corrected chi connectivity index (χ3v) is 2.83. The fourth-order valence-corrected chi connectivity index (χ4v) is 1.93. The van der Waals surface area contributed by atoms with E-state index >= 15 is 0 Å². The molecule has 0 atom stereocenters. The molecule has 0 unspecified atom stereocenters. The van der Waals surface area contributed by atoms with Crippen molar-refractivity contribution in [2.75, 3.05) is 5.32 Å². The van der Waals surface area contributed by atoms with Gasteiger partial charge in [0.05, 0.1) is 0 Å². The minimum absolute atomic E-state index is 0.157. The molecule has 0 aliphatic carbocycles. The van der Waals surface area contributed by atoms with E-state index in [-0.39, 0.29) is 5.91 Å². The van der Waals surface area contributed by atoms with Crippen LogP contribution in [0.25, 0.3) is 0 Å². The van der Waals surface area contributed by atoms with Crippen molar-refractivity contribution in [2.24, 2.45) is 0 Å². The van der Waals surface area contributed by atoms with E-state index in [0.717, 1.165) is 16.1 Å². The molecule has 0 fully saturated rings. The quantitative estimate of drug-likeness (QED) is 0.864. The number of anilines is 1. The molecule has 2 aromatic rings. The van der Waals surface area contributed by atoms with Gasteiger partial charge < -0.3 is 5.32 Å². The second-order valence-corrected chi connectivity index (χ2v) is 4.66. The molecule has 0 aliphatic rings. The molecule has 0 bridgehead atoms. The lowest BCUT2D eigenvalue weighted by Crippen LogP contribution is -2.11. The molecular weight excluding hydrogens is 220 g/mol. The molecule has 16 heavy (non-hydrogen) atoms. The number of hydrogen-bond acceptors (Lipinski definition) is 3. The van der Waals surface area contributed by atoms with E-state index in [9.17, 15) is 4.79 Å². The van der Waals surface area contributed by atoms with Gasteiger partial charge in [0.1, 0.15) is 5.69 Å². The van der Waals surface area contributed by atoms with Gasteiger partial charge in [-0.15, -0.1) is 0 Å². The number of nitrogens with one attached hydrogen (secondary N) is 1. The van der Waals surface area contributed by atoms with Crippen LogP contribution in [-0.2, 0) is 0 Å². The maximum atomic E-state index is 11.8. The molecule has 1 heterocycles. The van der Waals surface area contributed by atoms with Gasteiger partial charge in [0.25, 0.3) is 5.91 Å². The molecular formula is C12H12N2OS. The number of aromatic nitrogens is 1. The fourth-order valence-electron chi connectivity index (χ4n) is 1.39. The number of benzene rings is 1. The molecule has 2 rings (SSSR count). The van der Waals surface area contributed by atoms with E-state index in [4.69, 9.17) is 0 Å². The lowest BCUT2D eigenvalue weighted by molar-refractivity contribution is 0.102. The fraction of sp³-hybridized carbons (Fsp3) is 0.167. The standard InChI is InChI=1S/C12H12N2OS/c1-8-4-3-5-10(6-8)13-12(15)11-7-9(2)16-14-11/h3-7H,1-2H3,(H,13,15). The first kappa shape index (κ1) is 10.8. The van der Waals surface area contributed by atoms with Gasteiger partial charge in [-0.2, -0.15) is 4.37 Å². The summed E-state index contributed by atoms with van der Waals surface area (Å²) in [7, 11) is 0. The normalized spacial score (nSPS) is 10.1. The van der Waals surface area contributed by atoms with Crippen LogP contribution < -0.4 is 5.32 Å². The molecule has 4 heteroatoms. The minimum Gasteiger partial charge on any atom is -0.321 e. The second-order valence-electron chi connectivity index (χ2n) is 3.65. The summed E-state index contributed by atoms with van der Waals surface area (Å²) in [5.74, 6) is -0.157. The zero-order valence-electron chi connectivity index (χ0n) is 9.15. The molecule has 1 aromatic carbocycles. The predicted molar refractivity (Wildman–Crippen MR) is 66.0 cm³/mol. The molecule has 1 amide bonds. The maximum absolute atomic E-state index is 11.8. The number of amides is 1. The molecule has 0 saturated carbocycles. The lowest BCUT2D eigenvalue weighted by Gasteiger charge is -2.03. The van der Waals surface area contributed by atoms with Crippen LogP contribution in [0.1, 0.15) is 20.9 Å². The number of aryl methyl sites for hydroxylation is 2. The summed E-state index contributed by atoms with van der Waals surface area (Å²) >= 11 is 1.34. The van der Waals surface area contributed by atoms with Crippen molar-refractivity contribution in [2.45, 2.75) is 13.8 Å². The van der Waals surface area contributed by atoms with E-state index in [1.807, 2.05) is 38.1 Å². The Bertz CT molecular complexity index is 519. The molecule has 1 aromatic heterocycles. The number of hydrogen-bond donors (Lipinski definition) is 1. The minimum atomic E-state index is -0.157. The van der Waals surface area contributed by atoms with Crippen molar-refractivity contribution in [3.05, 3.63) is 46.5 Å². The number of carbonyl (C=O) groups is 1. The Labute approximate surface area is 98.3 Å². The van der Waals surface area contributed by atoms with Gasteiger partial charge in [0.2, 0.25) is 0 Å². The highest BCUT2D eigenvalue weighted by Gasteiger charge is 2.09. The summed E-state index contributed by atoms with van der Waals surface area (Å²) in [4.78, 5) is 12.8. The molecule has 0 radical (unpaired) electrons. The first-order chi connectivity index (χ1) is 7.65.